The molecule has 1 atom stereocenters. The van der Waals surface area contributed by atoms with E-state index >= 15 is 0 Å². The molecule has 2 aromatic rings. The van der Waals surface area contributed by atoms with Crippen molar-refractivity contribution in [1.29, 1.82) is 0 Å². The minimum atomic E-state index is -0.346. The number of carbonyl (C=O) groups excluding carboxylic acids is 2. The maximum Gasteiger partial charge on any atom is 0.246 e. The van der Waals surface area contributed by atoms with Crippen LogP contribution in [-0.2, 0) is 23.2 Å². The monoisotopic (exact) mass is 367 g/mol. The van der Waals surface area contributed by atoms with Crippen molar-refractivity contribution in [2.45, 2.75) is 25.4 Å². The second-order valence-corrected chi connectivity index (χ2v) is 7.56. The third kappa shape index (κ3) is 3.23. The smallest absolute Gasteiger partial charge is 0.246 e. The number of piperazine rings is 1. The Morgan fingerprint density at radius 1 is 1.22 bits per heavy atom. The number of benzene rings is 1. The van der Waals surface area contributed by atoms with E-state index in [0.29, 0.717) is 6.54 Å². The molecule has 0 radical (unpaired) electrons. The van der Waals surface area contributed by atoms with Crippen molar-refractivity contribution >= 4 is 17.5 Å². The van der Waals surface area contributed by atoms with Crippen LogP contribution in [0.15, 0.2) is 42.7 Å². The van der Waals surface area contributed by atoms with Crippen LogP contribution in [0.3, 0.4) is 0 Å². The number of aromatic nitrogens is 2. The van der Waals surface area contributed by atoms with Gasteiger partial charge in [0.25, 0.3) is 0 Å². The van der Waals surface area contributed by atoms with Crippen LogP contribution in [0, 0.1) is 0 Å². The maximum absolute atomic E-state index is 12.7. The summed E-state index contributed by atoms with van der Waals surface area (Å²) in [6.07, 6.45) is 4.60. The lowest BCUT2D eigenvalue weighted by atomic mass is 9.91. The van der Waals surface area contributed by atoms with Gasteiger partial charge in [0.05, 0.1) is 18.6 Å². The molecule has 0 aliphatic carbocycles. The summed E-state index contributed by atoms with van der Waals surface area (Å²) in [5.74, 6) is 0.952. The number of imidazole rings is 1. The lowest BCUT2D eigenvalue weighted by Gasteiger charge is -2.48. The van der Waals surface area contributed by atoms with Gasteiger partial charge >= 0.3 is 0 Å². The molecule has 2 aliphatic heterocycles. The fourth-order valence-corrected chi connectivity index (χ4v) is 4.32. The molecule has 0 bridgehead atoms. The highest BCUT2D eigenvalue weighted by molar-refractivity contribution is 5.98. The summed E-state index contributed by atoms with van der Waals surface area (Å²) in [6, 6.07) is 9.73. The molecule has 1 spiro atoms. The zero-order chi connectivity index (χ0) is 19.0. The van der Waals surface area contributed by atoms with E-state index in [2.05, 4.69) is 9.88 Å². The van der Waals surface area contributed by atoms with Crippen molar-refractivity contribution in [2.75, 3.05) is 31.1 Å². The lowest BCUT2D eigenvalue weighted by Crippen LogP contribution is -2.66. The van der Waals surface area contributed by atoms with Crippen molar-refractivity contribution < 1.29 is 9.59 Å². The number of nitrogens with zero attached hydrogens (tertiary/aromatic N) is 5. The highest BCUT2D eigenvalue weighted by Crippen LogP contribution is 2.35. The largest absolute Gasteiger partial charge is 0.337 e. The summed E-state index contributed by atoms with van der Waals surface area (Å²) in [4.78, 5) is 35.5. The van der Waals surface area contributed by atoms with E-state index in [1.807, 2.05) is 53.0 Å². The van der Waals surface area contributed by atoms with Gasteiger partial charge in [0.1, 0.15) is 12.4 Å². The Bertz CT molecular complexity index is 849. The number of anilines is 1. The average molecular weight is 367 g/mol. The van der Waals surface area contributed by atoms with Crippen LogP contribution < -0.4 is 4.90 Å². The van der Waals surface area contributed by atoms with Gasteiger partial charge in [-0.1, -0.05) is 18.2 Å². The van der Waals surface area contributed by atoms with Crippen LogP contribution in [0.1, 0.15) is 19.2 Å². The summed E-state index contributed by atoms with van der Waals surface area (Å²) in [6.45, 7) is 4.61. The average Bonchev–Trinajstić information content (AvgIpc) is 3.25. The molecule has 2 fully saturated rings. The number of para-hydroxylation sites is 1. The first kappa shape index (κ1) is 17.7. The molecule has 0 saturated carbocycles. The van der Waals surface area contributed by atoms with Gasteiger partial charge in [-0.2, -0.15) is 0 Å². The normalized spacial score (nSPS) is 23.4. The first-order valence-corrected chi connectivity index (χ1v) is 9.31. The third-order valence-corrected chi connectivity index (χ3v) is 5.76. The van der Waals surface area contributed by atoms with Gasteiger partial charge in [0.15, 0.2) is 0 Å². The first-order chi connectivity index (χ1) is 13.0. The Kier molecular flexibility index (Phi) is 4.47. The Hall–Kier alpha value is -2.67. The number of hydrogen-bond donors (Lipinski definition) is 0. The van der Waals surface area contributed by atoms with E-state index in [1.165, 1.54) is 0 Å². The highest BCUT2D eigenvalue weighted by Gasteiger charge is 2.50. The predicted octanol–water partition coefficient (Wildman–Crippen LogP) is 1.26. The van der Waals surface area contributed by atoms with Gasteiger partial charge in [-0.3, -0.25) is 14.5 Å². The molecule has 2 saturated heterocycles. The Balaban J connectivity index is 1.59. The quantitative estimate of drug-likeness (QED) is 0.819. The van der Waals surface area contributed by atoms with Crippen molar-refractivity contribution in [3.05, 3.63) is 48.5 Å². The van der Waals surface area contributed by atoms with Gasteiger partial charge < -0.3 is 14.4 Å². The van der Waals surface area contributed by atoms with Crippen LogP contribution in [0.2, 0.25) is 0 Å². The topological polar surface area (TPSA) is 61.7 Å². The Labute approximate surface area is 159 Å². The Morgan fingerprint density at radius 3 is 2.67 bits per heavy atom. The molecule has 1 aromatic heterocycles. The molecule has 142 valence electrons. The number of rotatable bonds is 3. The molecule has 2 aliphatic rings. The minimum absolute atomic E-state index is 0.0235. The molecular formula is C20H25N5O2. The minimum Gasteiger partial charge on any atom is -0.337 e. The highest BCUT2D eigenvalue weighted by atomic mass is 16.2. The second-order valence-electron chi connectivity index (χ2n) is 7.56. The fraction of sp³-hybridized carbons (Fsp3) is 0.450. The third-order valence-electron chi connectivity index (χ3n) is 5.76. The van der Waals surface area contributed by atoms with Crippen LogP contribution >= 0.6 is 0 Å². The number of aryl methyl sites for hydroxylation is 1. The van der Waals surface area contributed by atoms with E-state index in [9.17, 15) is 9.59 Å². The fourth-order valence-electron chi connectivity index (χ4n) is 4.32. The second kappa shape index (κ2) is 6.81. The predicted molar refractivity (Wildman–Crippen MR) is 102 cm³/mol. The SMILES string of the molecule is CC(=O)N1CC(=O)N(c2ccccc2)CC12CCN(Cc1nccn1C)C2. The molecule has 7 nitrogen and oxygen atoms in total. The van der Waals surface area contributed by atoms with Gasteiger partial charge in [0, 0.05) is 45.1 Å². The van der Waals surface area contributed by atoms with Crippen molar-refractivity contribution in [3.63, 3.8) is 0 Å². The lowest BCUT2D eigenvalue weighted by molar-refractivity contribution is -0.142. The zero-order valence-corrected chi connectivity index (χ0v) is 15.8. The molecular weight excluding hydrogens is 342 g/mol. The standard InChI is InChI=1S/C20H25N5O2/c1-16(26)25-13-19(27)24(17-6-4-3-5-7-17)15-20(25)8-10-23(14-20)12-18-21-9-11-22(18)2/h3-7,9,11H,8,10,12-15H2,1-2H3. The molecule has 4 rings (SSSR count). The molecule has 3 heterocycles. The number of carbonyl (C=O) groups is 2. The van der Waals surface area contributed by atoms with Crippen molar-refractivity contribution in [1.82, 2.24) is 19.4 Å². The van der Waals surface area contributed by atoms with Crippen LogP contribution in [0.4, 0.5) is 5.69 Å². The van der Waals surface area contributed by atoms with E-state index < -0.39 is 0 Å². The zero-order valence-electron chi connectivity index (χ0n) is 15.8. The summed E-state index contributed by atoms with van der Waals surface area (Å²) in [7, 11) is 1.99. The molecule has 1 aromatic carbocycles. The van der Waals surface area contributed by atoms with Crippen LogP contribution in [0.25, 0.3) is 0 Å². The van der Waals surface area contributed by atoms with Gasteiger partial charge in [-0.15, -0.1) is 0 Å². The van der Waals surface area contributed by atoms with E-state index in [1.54, 1.807) is 18.0 Å². The van der Waals surface area contributed by atoms with Crippen molar-refractivity contribution in [3.8, 4) is 0 Å². The van der Waals surface area contributed by atoms with E-state index in [0.717, 1.165) is 37.6 Å². The summed E-state index contributed by atoms with van der Waals surface area (Å²) >= 11 is 0. The van der Waals surface area contributed by atoms with Crippen LogP contribution in [-0.4, -0.2) is 62.9 Å². The van der Waals surface area contributed by atoms with Gasteiger partial charge in [0.2, 0.25) is 11.8 Å². The summed E-state index contributed by atoms with van der Waals surface area (Å²) < 4.78 is 2.02. The summed E-state index contributed by atoms with van der Waals surface area (Å²) in [5, 5.41) is 0. The van der Waals surface area contributed by atoms with Gasteiger partial charge in [-0.05, 0) is 18.6 Å². The van der Waals surface area contributed by atoms with Crippen LogP contribution in [0.5, 0.6) is 0 Å². The molecule has 1 unspecified atom stereocenters. The summed E-state index contributed by atoms with van der Waals surface area (Å²) in [5.41, 5.74) is 0.549. The molecule has 0 N–H and O–H groups in total. The number of hydrogen-bond acceptors (Lipinski definition) is 4. The van der Waals surface area contributed by atoms with E-state index in [4.69, 9.17) is 0 Å². The molecule has 7 heteroatoms. The number of likely N-dealkylation sites (tertiary alicyclic amines) is 1. The molecule has 27 heavy (non-hydrogen) atoms. The first-order valence-electron chi connectivity index (χ1n) is 9.31. The Morgan fingerprint density at radius 2 is 2.00 bits per heavy atom. The van der Waals surface area contributed by atoms with Crippen molar-refractivity contribution in [2.24, 2.45) is 7.05 Å². The maximum atomic E-state index is 12.7. The number of amides is 2. The van der Waals surface area contributed by atoms with Gasteiger partial charge in [-0.25, -0.2) is 4.98 Å². The van der Waals surface area contributed by atoms with E-state index in [-0.39, 0.29) is 23.9 Å². The molecule has 2 amide bonds.